The molecule has 2 rings (SSSR count). The Hall–Kier alpha value is -1.59. The molecule has 17 heavy (non-hydrogen) atoms. The van der Waals surface area contributed by atoms with Crippen LogP contribution in [0, 0.1) is 0 Å². The van der Waals surface area contributed by atoms with E-state index in [9.17, 15) is 5.11 Å². The fourth-order valence-electron chi connectivity index (χ4n) is 1.81. The van der Waals surface area contributed by atoms with E-state index in [4.69, 9.17) is 10.2 Å². The molecular formula is C12H17N3O2. The van der Waals surface area contributed by atoms with Crippen LogP contribution in [0.2, 0.25) is 0 Å². The van der Waals surface area contributed by atoms with Gasteiger partial charge in [-0.2, -0.15) is 0 Å². The summed E-state index contributed by atoms with van der Waals surface area (Å²) in [6, 6.07) is 5.39. The highest BCUT2D eigenvalue weighted by atomic mass is 16.3. The molecule has 0 spiro atoms. The minimum Gasteiger partial charge on any atom is -0.439 e. The Morgan fingerprint density at radius 3 is 3.00 bits per heavy atom. The first-order valence-corrected chi connectivity index (χ1v) is 5.56. The van der Waals surface area contributed by atoms with Crippen LogP contribution in [-0.2, 0) is 6.54 Å². The summed E-state index contributed by atoms with van der Waals surface area (Å²) in [5.41, 5.74) is 7.86. The number of oxazole rings is 1. The molecule has 0 amide bonds. The summed E-state index contributed by atoms with van der Waals surface area (Å²) in [5, 5.41) is 9.27. The summed E-state index contributed by atoms with van der Waals surface area (Å²) < 4.78 is 5.59. The lowest BCUT2D eigenvalue weighted by atomic mass is 10.3. The number of hydrogen-bond donors (Lipinski definition) is 2. The number of aliphatic hydroxyl groups is 1. The molecule has 1 aromatic heterocycles. The van der Waals surface area contributed by atoms with Gasteiger partial charge in [-0.3, -0.25) is 4.90 Å². The number of nitrogen functional groups attached to an aromatic ring is 1. The van der Waals surface area contributed by atoms with Gasteiger partial charge in [-0.15, -0.1) is 0 Å². The third kappa shape index (κ3) is 2.95. The molecule has 1 aromatic carbocycles. The summed E-state index contributed by atoms with van der Waals surface area (Å²) in [6.45, 7) is 2.91. The maximum atomic E-state index is 9.27. The minimum absolute atomic E-state index is 0.361. The number of benzene rings is 1. The summed E-state index contributed by atoms with van der Waals surface area (Å²) >= 11 is 0. The van der Waals surface area contributed by atoms with Gasteiger partial charge in [0.1, 0.15) is 5.52 Å². The van der Waals surface area contributed by atoms with Gasteiger partial charge in [0.25, 0.3) is 0 Å². The Labute approximate surface area is 99.8 Å². The molecule has 0 aliphatic carbocycles. The van der Waals surface area contributed by atoms with Crippen molar-refractivity contribution in [2.24, 2.45) is 0 Å². The molecule has 2 aromatic rings. The van der Waals surface area contributed by atoms with Gasteiger partial charge in [-0.1, -0.05) is 0 Å². The van der Waals surface area contributed by atoms with Crippen LogP contribution in [0.15, 0.2) is 22.6 Å². The molecule has 0 saturated carbocycles. The lowest BCUT2D eigenvalue weighted by Crippen LogP contribution is -2.26. The fourth-order valence-corrected chi connectivity index (χ4v) is 1.81. The van der Waals surface area contributed by atoms with Crippen molar-refractivity contribution in [2.45, 2.75) is 19.6 Å². The lowest BCUT2D eigenvalue weighted by molar-refractivity contribution is 0.133. The van der Waals surface area contributed by atoms with E-state index in [2.05, 4.69) is 4.98 Å². The van der Waals surface area contributed by atoms with Gasteiger partial charge in [0.2, 0.25) is 5.89 Å². The van der Waals surface area contributed by atoms with Gasteiger partial charge in [0, 0.05) is 12.2 Å². The Bertz CT molecular complexity index is 507. The summed E-state index contributed by atoms with van der Waals surface area (Å²) in [5.74, 6) is 0.633. The van der Waals surface area contributed by atoms with E-state index in [1.807, 2.05) is 18.0 Å². The Kier molecular flexibility index (Phi) is 3.31. The van der Waals surface area contributed by atoms with Gasteiger partial charge in [0.15, 0.2) is 5.58 Å². The zero-order valence-electron chi connectivity index (χ0n) is 10.1. The average molecular weight is 235 g/mol. The standard InChI is InChI=1S/C12H17N3O2/c1-8(16)6-15(2)7-12-14-10-5-9(13)3-4-11(10)17-12/h3-5,8,16H,6-7,13H2,1-2H3. The van der Waals surface area contributed by atoms with Crippen molar-refractivity contribution in [1.29, 1.82) is 0 Å². The highest BCUT2D eigenvalue weighted by Crippen LogP contribution is 2.18. The molecule has 0 aliphatic heterocycles. The number of anilines is 1. The second-order valence-electron chi connectivity index (χ2n) is 4.38. The first-order valence-electron chi connectivity index (χ1n) is 5.56. The van der Waals surface area contributed by atoms with Gasteiger partial charge in [-0.05, 0) is 32.2 Å². The highest BCUT2D eigenvalue weighted by Gasteiger charge is 2.10. The van der Waals surface area contributed by atoms with Crippen LogP contribution < -0.4 is 5.73 Å². The van der Waals surface area contributed by atoms with Gasteiger partial charge >= 0.3 is 0 Å². The van der Waals surface area contributed by atoms with Crippen LogP contribution in [0.5, 0.6) is 0 Å². The molecule has 0 saturated heterocycles. The number of nitrogens with two attached hydrogens (primary N) is 1. The van der Waals surface area contributed by atoms with E-state index in [1.54, 1.807) is 19.1 Å². The van der Waals surface area contributed by atoms with Crippen molar-refractivity contribution >= 4 is 16.8 Å². The van der Waals surface area contributed by atoms with Crippen molar-refractivity contribution in [2.75, 3.05) is 19.3 Å². The molecule has 1 atom stereocenters. The molecule has 0 bridgehead atoms. The first-order chi connectivity index (χ1) is 8.04. The van der Waals surface area contributed by atoms with Crippen LogP contribution in [0.3, 0.4) is 0 Å². The number of hydrogen-bond acceptors (Lipinski definition) is 5. The van der Waals surface area contributed by atoms with Crippen LogP contribution in [0.25, 0.3) is 11.1 Å². The molecular weight excluding hydrogens is 218 g/mol. The minimum atomic E-state index is -0.361. The topological polar surface area (TPSA) is 75.5 Å². The second-order valence-corrected chi connectivity index (χ2v) is 4.38. The molecule has 5 nitrogen and oxygen atoms in total. The summed E-state index contributed by atoms with van der Waals surface area (Å²) in [7, 11) is 1.91. The number of aliphatic hydroxyl groups excluding tert-OH is 1. The molecule has 5 heteroatoms. The monoisotopic (exact) mass is 235 g/mol. The van der Waals surface area contributed by atoms with E-state index < -0.39 is 0 Å². The molecule has 0 fully saturated rings. The van der Waals surface area contributed by atoms with Crippen LogP contribution in [0.4, 0.5) is 5.69 Å². The van der Waals surface area contributed by atoms with E-state index in [1.165, 1.54) is 0 Å². The van der Waals surface area contributed by atoms with Crippen LogP contribution in [-0.4, -0.2) is 34.7 Å². The zero-order chi connectivity index (χ0) is 12.4. The smallest absolute Gasteiger partial charge is 0.209 e. The van der Waals surface area contributed by atoms with Crippen molar-refractivity contribution in [1.82, 2.24) is 9.88 Å². The Morgan fingerprint density at radius 1 is 1.53 bits per heavy atom. The van der Waals surface area contributed by atoms with E-state index in [-0.39, 0.29) is 6.10 Å². The van der Waals surface area contributed by atoms with Crippen molar-refractivity contribution in [3.8, 4) is 0 Å². The number of rotatable bonds is 4. The normalized spacial score (nSPS) is 13.4. The lowest BCUT2D eigenvalue weighted by Gasteiger charge is -2.15. The third-order valence-electron chi connectivity index (χ3n) is 2.44. The summed E-state index contributed by atoms with van der Waals surface area (Å²) in [6.07, 6.45) is -0.361. The summed E-state index contributed by atoms with van der Waals surface area (Å²) in [4.78, 5) is 6.31. The zero-order valence-corrected chi connectivity index (χ0v) is 10.1. The molecule has 1 unspecified atom stereocenters. The number of likely N-dealkylation sites (N-methyl/N-ethyl adjacent to an activating group) is 1. The van der Waals surface area contributed by atoms with Gasteiger partial charge < -0.3 is 15.3 Å². The molecule has 0 radical (unpaired) electrons. The third-order valence-corrected chi connectivity index (χ3v) is 2.44. The van der Waals surface area contributed by atoms with Gasteiger partial charge in [0.05, 0.1) is 12.6 Å². The molecule has 92 valence electrons. The quantitative estimate of drug-likeness (QED) is 0.779. The fraction of sp³-hybridized carbons (Fsp3) is 0.417. The van der Waals surface area contributed by atoms with Crippen LogP contribution >= 0.6 is 0 Å². The number of aromatic nitrogens is 1. The maximum Gasteiger partial charge on any atom is 0.209 e. The van der Waals surface area contributed by atoms with Gasteiger partial charge in [-0.25, -0.2) is 4.98 Å². The average Bonchev–Trinajstić information content (AvgIpc) is 2.57. The molecule has 1 heterocycles. The first kappa shape index (κ1) is 11.9. The predicted octanol–water partition coefficient (Wildman–Crippen LogP) is 1.22. The number of fused-ring (bicyclic) bond motifs is 1. The van der Waals surface area contributed by atoms with Crippen molar-refractivity contribution < 1.29 is 9.52 Å². The highest BCUT2D eigenvalue weighted by molar-refractivity contribution is 5.76. The second kappa shape index (κ2) is 4.73. The Balaban J connectivity index is 2.14. The van der Waals surface area contributed by atoms with E-state index >= 15 is 0 Å². The van der Waals surface area contributed by atoms with Crippen LogP contribution in [0.1, 0.15) is 12.8 Å². The predicted molar refractivity (Wildman–Crippen MR) is 66.4 cm³/mol. The largest absolute Gasteiger partial charge is 0.439 e. The van der Waals surface area contributed by atoms with Crippen molar-refractivity contribution in [3.05, 3.63) is 24.1 Å². The Morgan fingerprint density at radius 2 is 2.29 bits per heavy atom. The number of nitrogens with zero attached hydrogens (tertiary/aromatic N) is 2. The van der Waals surface area contributed by atoms with E-state index in [0.29, 0.717) is 24.7 Å². The van der Waals surface area contributed by atoms with Crippen molar-refractivity contribution in [3.63, 3.8) is 0 Å². The maximum absolute atomic E-state index is 9.27. The molecule has 3 N–H and O–H groups in total. The SMILES string of the molecule is CC(O)CN(C)Cc1nc2cc(N)ccc2o1. The van der Waals surface area contributed by atoms with E-state index in [0.717, 1.165) is 11.1 Å². The molecule has 0 aliphatic rings.